The maximum Gasteiger partial charge on any atom is 0.406 e. The van der Waals surface area contributed by atoms with Gasteiger partial charge in [0.15, 0.2) is 5.82 Å². The summed E-state index contributed by atoms with van der Waals surface area (Å²) >= 11 is 0. The number of fused-ring (bicyclic) bond motifs is 1. The van der Waals surface area contributed by atoms with Gasteiger partial charge in [0.1, 0.15) is 28.4 Å². The number of nitrogens with zero attached hydrogens (tertiary/aromatic N) is 2. The largest absolute Gasteiger partial charge is 0.495 e. The second-order valence-electron chi connectivity index (χ2n) is 10.0. The van der Waals surface area contributed by atoms with E-state index in [1.165, 1.54) is 37.6 Å². The molecule has 234 valence electrons. The minimum Gasteiger partial charge on any atom is -0.495 e. The number of aromatic nitrogens is 2. The van der Waals surface area contributed by atoms with E-state index in [2.05, 4.69) is 36.9 Å². The van der Waals surface area contributed by atoms with E-state index in [4.69, 9.17) is 4.74 Å². The van der Waals surface area contributed by atoms with Gasteiger partial charge in [-0.3, -0.25) is 4.72 Å². The van der Waals surface area contributed by atoms with E-state index in [-0.39, 0.29) is 46.2 Å². The van der Waals surface area contributed by atoms with Crippen molar-refractivity contribution < 1.29 is 39.3 Å². The van der Waals surface area contributed by atoms with Crippen LogP contribution in [-0.4, -0.2) is 63.9 Å². The van der Waals surface area contributed by atoms with Crippen molar-refractivity contribution >= 4 is 48.0 Å². The van der Waals surface area contributed by atoms with Gasteiger partial charge in [0.05, 0.1) is 47.0 Å². The van der Waals surface area contributed by atoms with E-state index in [0.29, 0.717) is 35.1 Å². The number of hydrogen-bond donors (Lipinski definition) is 3. The first-order valence-electron chi connectivity index (χ1n) is 13.3. The molecule has 0 spiro atoms. The van der Waals surface area contributed by atoms with Gasteiger partial charge in [-0.25, -0.2) is 16.8 Å². The van der Waals surface area contributed by atoms with E-state index >= 15 is 0 Å². The smallest absolute Gasteiger partial charge is 0.406 e. The molecule has 0 unspecified atom stereocenters. The Morgan fingerprint density at radius 2 is 1.89 bits per heavy atom. The fraction of sp³-hybridized carbons (Fsp3) is 0.321. The average Bonchev–Trinajstić information content (AvgIpc) is 3.59. The van der Waals surface area contributed by atoms with E-state index in [0.717, 1.165) is 4.57 Å². The van der Waals surface area contributed by atoms with Crippen LogP contribution in [0, 0.1) is 11.8 Å². The fourth-order valence-corrected chi connectivity index (χ4v) is 7.34. The lowest BCUT2D eigenvalue weighted by Gasteiger charge is -2.24. The second-order valence-corrected chi connectivity index (χ2v) is 14.0. The Bertz CT molecular complexity index is 1920. The van der Waals surface area contributed by atoms with Crippen molar-refractivity contribution in [1.82, 2.24) is 9.72 Å². The summed E-state index contributed by atoms with van der Waals surface area (Å²) in [6, 6.07) is 11.9. The number of alkyl halides is 3. The van der Waals surface area contributed by atoms with Crippen LogP contribution in [0.4, 0.5) is 30.4 Å². The molecule has 1 aliphatic rings. The summed E-state index contributed by atoms with van der Waals surface area (Å²) < 4.78 is 103. The highest BCUT2D eigenvalue weighted by atomic mass is 32.2. The quantitative estimate of drug-likeness (QED) is 0.224. The molecular weight excluding hydrogens is 623 g/mol. The molecule has 0 bridgehead atoms. The monoisotopic (exact) mass is 651 g/mol. The number of nitrogens with one attached hydrogen (secondary N) is 3. The zero-order valence-electron chi connectivity index (χ0n) is 23.3. The lowest BCUT2D eigenvalue weighted by Crippen LogP contribution is -2.32. The molecular formula is C28H28F3N5O6S2. The third-order valence-electron chi connectivity index (χ3n) is 6.94. The van der Waals surface area contributed by atoms with E-state index in [1.54, 1.807) is 24.3 Å². The van der Waals surface area contributed by atoms with E-state index in [9.17, 15) is 30.0 Å². The van der Waals surface area contributed by atoms with Gasteiger partial charge in [0.2, 0.25) is 0 Å². The van der Waals surface area contributed by atoms with Crippen LogP contribution in [-0.2, 0) is 26.4 Å². The molecule has 5 rings (SSSR count). The lowest BCUT2D eigenvalue weighted by atomic mass is 10.1. The standard InChI is InChI=1S/C28H28F3N5O6S2/c1-41-26-17-21(44(39,40)35-27-9-13-42-34-27)7-8-24(26)32-12-3-4-20-16-22-23(33-19-10-14-43(37,38)15-11-19)5-2-6-25(22)36(20)18-28(29,30)31/h2,5-9,13,16-17,19,32-33H,10-12,14-15,18H2,1H3,(H,34,35). The van der Waals surface area contributed by atoms with Gasteiger partial charge >= 0.3 is 6.18 Å². The van der Waals surface area contributed by atoms with Crippen LogP contribution < -0.4 is 20.1 Å². The first-order valence-corrected chi connectivity index (χ1v) is 16.6. The Labute approximate surface area is 251 Å². The van der Waals surface area contributed by atoms with Crippen LogP contribution in [0.5, 0.6) is 5.75 Å². The van der Waals surface area contributed by atoms with Gasteiger partial charge in [0, 0.05) is 29.2 Å². The number of sulfone groups is 1. The maximum atomic E-state index is 13.6. The number of sulfonamides is 1. The Morgan fingerprint density at radius 1 is 1.11 bits per heavy atom. The van der Waals surface area contributed by atoms with Gasteiger partial charge < -0.3 is 24.5 Å². The molecule has 16 heteroatoms. The van der Waals surface area contributed by atoms with Gasteiger partial charge in [-0.2, -0.15) is 13.2 Å². The molecule has 1 saturated heterocycles. The molecule has 11 nitrogen and oxygen atoms in total. The summed E-state index contributed by atoms with van der Waals surface area (Å²) in [5.41, 5.74) is 1.50. The SMILES string of the molecule is COc1cc(S(=O)(=O)Nc2ccon2)ccc1NCC#Cc1cc2c(NC3CCS(=O)(=O)CC3)cccc2n1CC(F)(F)F. The van der Waals surface area contributed by atoms with Crippen LogP contribution in [0.25, 0.3) is 10.9 Å². The van der Waals surface area contributed by atoms with Crippen molar-refractivity contribution in [3.8, 4) is 17.6 Å². The van der Waals surface area contributed by atoms with Gasteiger partial charge in [-0.1, -0.05) is 17.1 Å². The highest BCUT2D eigenvalue weighted by Gasteiger charge is 2.30. The average molecular weight is 652 g/mol. The summed E-state index contributed by atoms with van der Waals surface area (Å²) in [7, 11) is -5.68. The van der Waals surface area contributed by atoms with Crippen molar-refractivity contribution in [1.29, 1.82) is 0 Å². The van der Waals surface area contributed by atoms with Crippen molar-refractivity contribution in [2.75, 3.05) is 40.5 Å². The Balaban J connectivity index is 1.36. The van der Waals surface area contributed by atoms with Gasteiger partial charge in [0.25, 0.3) is 10.0 Å². The molecule has 0 amide bonds. The zero-order chi connectivity index (χ0) is 31.5. The maximum absolute atomic E-state index is 13.6. The topological polar surface area (TPSA) is 145 Å². The zero-order valence-corrected chi connectivity index (χ0v) is 24.9. The van der Waals surface area contributed by atoms with Crippen LogP contribution in [0.15, 0.2) is 64.2 Å². The second kappa shape index (κ2) is 12.3. The summed E-state index contributed by atoms with van der Waals surface area (Å²) in [5, 5.41) is 10.4. The lowest BCUT2D eigenvalue weighted by molar-refractivity contribution is -0.140. The van der Waals surface area contributed by atoms with Gasteiger partial charge in [-0.15, -0.1) is 0 Å². The molecule has 3 N–H and O–H groups in total. The Kier molecular flexibility index (Phi) is 8.71. The van der Waals surface area contributed by atoms with Gasteiger partial charge in [-0.05, 0) is 49.1 Å². The first kappa shape index (κ1) is 31.1. The molecule has 1 fully saturated rings. The predicted molar refractivity (Wildman–Crippen MR) is 159 cm³/mol. The number of ether oxygens (including phenoxy) is 1. The van der Waals surface area contributed by atoms with Crippen molar-refractivity contribution in [2.45, 2.75) is 36.5 Å². The van der Waals surface area contributed by atoms with Crippen molar-refractivity contribution in [2.24, 2.45) is 0 Å². The summed E-state index contributed by atoms with van der Waals surface area (Å²) in [6.45, 7) is -1.24. The molecule has 2 aromatic carbocycles. The number of rotatable bonds is 9. The Morgan fingerprint density at radius 3 is 2.57 bits per heavy atom. The number of methoxy groups -OCH3 is 1. The third-order valence-corrected chi connectivity index (χ3v) is 10.0. The molecule has 4 aromatic rings. The van der Waals surface area contributed by atoms with Crippen LogP contribution >= 0.6 is 0 Å². The van der Waals surface area contributed by atoms with Crippen molar-refractivity contribution in [3.05, 3.63) is 60.5 Å². The first-order chi connectivity index (χ1) is 20.8. The predicted octanol–water partition coefficient (Wildman–Crippen LogP) is 4.45. The van der Waals surface area contributed by atoms with Crippen LogP contribution in [0.3, 0.4) is 0 Å². The molecule has 1 aliphatic heterocycles. The highest BCUT2D eigenvalue weighted by Crippen LogP contribution is 2.32. The van der Waals surface area contributed by atoms with E-state index in [1.807, 2.05) is 0 Å². The number of halogens is 3. The molecule has 3 heterocycles. The fourth-order valence-electron chi connectivity index (χ4n) is 4.84. The normalized spacial score (nSPS) is 15.4. The summed E-state index contributed by atoms with van der Waals surface area (Å²) in [6.07, 6.45) is -2.46. The Hall–Kier alpha value is -4.36. The summed E-state index contributed by atoms with van der Waals surface area (Å²) in [5.74, 6) is 5.98. The molecule has 2 aromatic heterocycles. The number of anilines is 3. The molecule has 0 saturated carbocycles. The van der Waals surface area contributed by atoms with Crippen LogP contribution in [0.2, 0.25) is 0 Å². The van der Waals surface area contributed by atoms with Crippen LogP contribution in [0.1, 0.15) is 18.5 Å². The summed E-state index contributed by atoms with van der Waals surface area (Å²) in [4.78, 5) is -0.0927. The minimum absolute atomic E-state index is 0.00877. The third kappa shape index (κ3) is 7.40. The molecule has 44 heavy (non-hydrogen) atoms. The molecule has 0 atom stereocenters. The van der Waals surface area contributed by atoms with Crippen molar-refractivity contribution in [3.63, 3.8) is 0 Å². The number of hydrogen-bond acceptors (Lipinski definition) is 9. The molecule has 0 radical (unpaired) electrons. The van der Waals surface area contributed by atoms with E-state index < -0.39 is 32.6 Å². The molecule has 0 aliphatic carbocycles. The highest BCUT2D eigenvalue weighted by molar-refractivity contribution is 7.92. The minimum atomic E-state index is -4.50. The number of benzene rings is 2.